The minimum absolute atomic E-state index is 0.0772. The van der Waals surface area contributed by atoms with Crippen molar-refractivity contribution in [2.24, 2.45) is 7.05 Å². The zero-order valence-corrected chi connectivity index (χ0v) is 17.8. The van der Waals surface area contributed by atoms with Crippen LogP contribution in [-0.4, -0.2) is 36.2 Å². The molecule has 9 heteroatoms. The fraction of sp³-hybridized carbons (Fsp3) is 0.292. The van der Waals surface area contributed by atoms with Crippen LogP contribution in [0.4, 0.5) is 13.2 Å². The lowest BCUT2D eigenvalue weighted by Crippen LogP contribution is -2.50. The molecular weight excluding hydrogens is 431 g/mol. The van der Waals surface area contributed by atoms with Gasteiger partial charge < -0.3 is 4.90 Å². The van der Waals surface area contributed by atoms with Crippen LogP contribution >= 0.6 is 0 Å². The molecule has 0 radical (unpaired) electrons. The third kappa shape index (κ3) is 2.98. The summed E-state index contributed by atoms with van der Waals surface area (Å²) in [4.78, 5) is 15.4. The standard InChI is InChI=1S/C24H20F3N5O/c1-30-23(13-9-17(25)21(27)18(26)10-13)16-11-15-6-4-7-20(22(16)29-30)32(15)24(33)19-12-14-5-2-3-8-31(14)28-19/h2-3,5,8-10,12,15,20H,4,6-7,11H2,1H3. The summed E-state index contributed by atoms with van der Waals surface area (Å²) in [6, 6.07) is 9.09. The predicted octanol–water partition coefficient (Wildman–Crippen LogP) is 4.44. The number of pyridine rings is 1. The lowest BCUT2D eigenvalue weighted by Gasteiger charge is -2.45. The number of amides is 1. The van der Waals surface area contributed by atoms with Crippen LogP contribution in [0.25, 0.3) is 16.8 Å². The molecule has 6 nitrogen and oxygen atoms in total. The van der Waals surface area contributed by atoms with Crippen LogP contribution in [0.3, 0.4) is 0 Å². The first-order valence-corrected chi connectivity index (χ1v) is 10.9. The van der Waals surface area contributed by atoms with Gasteiger partial charge in [0.1, 0.15) is 0 Å². The average Bonchev–Trinajstić information content (AvgIpc) is 3.37. The minimum Gasteiger partial charge on any atom is -0.325 e. The van der Waals surface area contributed by atoms with E-state index in [1.165, 1.54) is 0 Å². The molecule has 1 fully saturated rings. The number of benzene rings is 1. The number of carbonyl (C=O) groups excluding carboxylic acids is 1. The molecule has 0 saturated carbocycles. The summed E-state index contributed by atoms with van der Waals surface area (Å²) in [7, 11) is 1.70. The number of nitrogens with zero attached hydrogens (tertiary/aromatic N) is 5. The second kappa shape index (κ2) is 7.19. The number of carbonyl (C=O) groups is 1. The van der Waals surface area contributed by atoms with E-state index in [0.29, 0.717) is 17.8 Å². The smallest absolute Gasteiger partial charge is 0.275 e. The highest BCUT2D eigenvalue weighted by atomic mass is 19.2. The maximum atomic E-state index is 14.0. The molecule has 33 heavy (non-hydrogen) atoms. The molecule has 2 aliphatic rings. The topological polar surface area (TPSA) is 55.4 Å². The Morgan fingerprint density at radius 1 is 1.06 bits per heavy atom. The second-order valence-corrected chi connectivity index (χ2v) is 8.71. The average molecular weight is 451 g/mol. The molecule has 2 atom stereocenters. The van der Waals surface area contributed by atoms with Crippen molar-refractivity contribution >= 4 is 11.4 Å². The number of aromatic nitrogens is 4. The predicted molar refractivity (Wildman–Crippen MR) is 114 cm³/mol. The van der Waals surface area contributed by atoms with E-state index in [2.05, 4.69) is 10.2 Å². The number of rotatable bonds is 2. The fourth-order valence-electron chi connectivity index (χ4n) is 5.38. The highest BCUT2D eigenvalue weighted by Gasteiger charge is 2.44. The van der Waals surface area contributed by atoms with Crippen molar-refractivity contribution in [1.82, 2.24) is 24.3 Å². The molecule has 4 aromatic rings. The van der Waals surface area contributed by atoms with Crippen LogP contribution in [0.5, 0.6) is 0 Å². The second-order valence-electron chi connectivity index (χ2n) is 8.71. The lowest BCUT2D eigenvalue weighted by atomic mass is 9.81. The first kappa shape index (κ1) is 20.0. The Balaban J connectivity index is 1.43. The van der Waals surface area contributed by atoms with Crippen molar-refractivity contribution in [1.29, 1.82) is 0 Å². The van der Waals surface area contributed by atoms with Gasteiger partial charge in [-0.25, -0.2) is 17.7 Å². The van der Waals surface area contributed by atoms with E-state index in [4.69, 9.17) is 0 Å². The van der Waals surface area contributed by atoms with Gasteiger partial charge in [0.2, 0.25) is 0 Å². The van der Waals surface area contributed by atoms with Crippen LogP contribution in [0.2, 0.25) is 0 Å². The Morgan fingerprint density at radius 3 is 2.61 bits per heavy atom. The van der Waals surface area contributed by atoms with Gasteiger partial charge in [-0.05, 0) is 56.0 Å². The van der Waals surface area contributed by atoms with Crippen LogP contribution in [0.15, 0.2) is 42.6 Å². The van der Waals surface area contributed by atoms with E-state index >= 15 is 0 Å². The Morgan fingerprint density at radius 2 is 1.85 bits per heavy atom. The third-order valence-electron chi connectivity index (χ3n) is 6.76. The molecule has 6 rings (SSSR count). The summed E-state index contributed by atoms with van der Waals surface area (Å²) < 4.78 is 44.7. The highest BCUT2D eigenvalue weighted by molar-refractivity contribution is 5.94. The highest BCUT2D eigenvalue weighted by Crippen LogP contribution is 2.45. The molecule has 2 aliphatic heterocycles. The molecule has 5 heterocycles. The normalized spacial score (nSPS) is 19.7. The van der Waals surface area contributed by atoms with Gasteiger partial charge in [-0.2, -0.15) is 10.2 Å². The van der Waals surface area contributed by atoms with Crippen LogP contribution in [-0.2, 0) is 13.5 Å². The van der Waals surface area contributed by atoms with Crippen LogP contribution in [0, 0.1) is 17.5 Å². The molecule has 0 aliphatic carbocycles. The Kier molecular flexibility index (Phi) is 4.36. The van der Waals surface area contributed by atoms with E-state index in [1.807, 2.05) is 23.1 Å². The summed E-state index contributed by atoms with van der Waals surface area (Å²) in [5, 5.41) is 9.11. The van der Waals surface area contributed by atoms with Gasteiger partial charge in [-0.3, -0.25) is 9.48 Å². The molecule has 0 spiro atoms. The van der Waals surface area contributed by atoms with Gasteiger partial charge in [0.05, 0.1) is 22.9 Å². The van der Waals surface area contributed by atoms with Crippen molar-refractivity contribution in [3.63, 3.8) is 0 Å². The lowest BCUT2D eigenvalue weighted by molar-refractivity contribution is 0.0385. The monoisotopic (exact) mass is 451 g/mol. The number of aryl methyl sites for hydroxylation is 1. The summed E-state index contributed by atoms with van der Waals surface area (Å²) in [5.41, 5.74) is 3.59. The van der Waals surface area contributed by atoms with Gasteiger partial charge in [-0.1, -0.05) is 6.07 Å². The number of halogens is 3. The van der Waals surface area contributed by atoms with Crippen molar-refractivity contribution in [2.45, 2.75) is 37.8 Å². The molecule has 3 aromatic heterocycles. The largest absolute Gasteiger partial charge is 0.325 e. The van der Waals surface area contributed by atoms with E-state index < -0.39 is 17.5 Å². The summed E-state index contributed by atoms with van der Waals surface area (Å²) in [6.45, 7) is 0. The SMILES string of the molecule is Cn1nc2c(c1-c1cc(F)c(F)c(F)c1)CC1CCCC2N1C(=O)c1cc2ccccn2n1. The first-order valence-electron chi connectivity index (χ1n) is 10.9. The maximum Gasteiger partial charge on any atom is 0.275 e. The zero-order chi connectivity index (χ0) is 22.9. The molecule has 2 bridgehead atoms. The summed E-state index contributed by atoms with van der Waals surface area (Å²) in [6.07, 6.45) is 4.82. The quantitative estimate of drug-likeness (QED) is 0.424. The molecule has 0 N–H and O–H groups in total. The molecular formula is C24H20F3N5O. The maximum absolute atomic E-state index is 14.0. The van der Waals surface area contributed by atoms with Crippen molar-refractivity contribution in [3.8, 4) is 11.3 Å². The van der Waals surface area contributed by atoms with Crippen molar-refractivity contribution in [3.05, 3.63) is 77.0 Å². The number of hydrogen-bond acceptors (Lipinski definition) is 3. The molecule has 1 saturated heterocycles. The number of fused-ring (bicyclic) bond motifs is 5. The van der Waals surface area contributed by atoms with Crippen molar-refractivity contribution < 1.29 is 18.0 Å². The van der Waals surface area contributed by atoms with Crippen LogP contribution in [0.1, 0.15) is 47.1 Å². The van der Waals surface area contributed by atoms with Gasteiger partial charge in [0, 0.05) is 30.4 Å². The Bertz CT molecular complexity index is 1370. The molecule has 1 aromatic carbocycles. The zero-order valence-electron chi connectivity index (χ0n) is 17.8. The van der Waals surface area contributed by atoms with E-state index in [-0.39, 0.29) is 23.6 Å². The van der Waals surface area contributed by atoms with Gasteiger partial charge in [-0.15, -0.1) is 0 Å². The summed E-state index contributed by atoms with van der Waals surface area (Å²) in [5.74, 6) is -4.11. The first-order chi connectivity index (χ1) is 15.9. The van der Waals surface area contributed by atoms with Gasteiger partial charge in [0.15, 0.2) is 23.1 Å². The number of piperidine rings is 1. The van der Waals surface area contributed by atoms with Crippen molar-refractivity contribution in [2.75, 3.05) is 0 Å². The van der Waals surface area contributed by atoms with Crippen LogP contribution < -0.4 is 0 Å². The summed E-state index contributed by atoms with van der Waals surface area (Å²) >= 11 is 0. The third-order valence-corrected chi connectivity index (χ3v) is 6.76. The van der Waals surface area contributed by atoms with Gasteiger partial charge in [0.25, 0.3) is 5.91 Å². The van der Waals surface area contributed by atoms with E-state index in [0.717, 1.165) is 48.2 Å². The minimum atomic E-state index is -1.49. The van der Waals surface area contributed by atoms with E-state index in [1.54, 1.807) is 28.5 Å². The number of hydrogen-bond donors (Lipinski definition) is 0. The molecule has 2 unspecified atom stereocenters. The van der Waals surface area contributed by atoms with E-state index in [9.17, 15) is 18.0 Å². The molecule has 168 valence electrons. The molecule has 1 amide bonds. The van der Waals surface area contributed by atoms with Gasteiger partial charge >= 0.3 is 0 Å². The fourth-order valence-corrected chi connectivity index (χ4v) is 5.38. The Labute approximate surface area is 187 Å². The Hall–Kier alpha value is -3.62.